The zero-order valence-electron chi connectivity index (χ0n) is 13.1. The summed E-state index contributed by atoms with van der Waals surface area (Å²) in [6, 6.07) is 4.66. The Bertz CT molecular complexity index is 656. The summed E-state index contributed by atoms with van der Waals surface area (Å²) in [4.78, 5) is 0.173. The molecule has 1 saturated heterocycles. The minimum atomic E-state index is -3.62. The Hall–Kier alpha value is -1.35. The van der Waals surface area contributed by atoms with Gasteiger partial charge in [0, 0.05) is 19.7 Å². The lowest BCUT2D eigenvalue weighted by atomic mass is 9.99. The van der Waals surface area contributed by atoms with Gasteiger partial charge in [0.05, 0.1) is 17.0 Å². The quantitative estimate of drug-likeness (QED) is 0.783. The molecule has 0 aromatic heterocycles. The molecule has 1 unspecified atom stereocenters. The molecule has 8 heteroatoms. The van der Waals surface area contributed by atoms with E-state index in [1.54, 1.807) is 13.2 Å². The fourth-order valence-electron chi connectivity index (χ4n) is 2.98. The van der Waals surface area contributed by atoms with E-state index >= 15 is 0 Å². The van der Waals surface area contributed by atoms with Gasteiger partial charge >= 0.3 is 0 Å². The molecule has 2 N–H and O–H groups in total. The van der Waals surface area contributed by atoms with Crippen LogP contribution in [0.1, 0.15) is 12.8 Å². The van der Waals surface area contributed by atoms with Crippen LogP contribution >= 0.6 is 0 Å². The molecule has 1 fully saturated rings. The van der Waals surface area contributed by atoms with Gasteiger partial charge < -0.3 is 19.5 Å². The summed E-state index contributed by atoms with van der Waals surface area (Å²) in [5.74, 6) is 1.04. The highest BCUT2D eigenvalue weighted by Gasteiger charge is 2.35. The van der Waals surface area contributed by atoms with Crippen LogP contribution in [0.4, 0.5) is 0 Å². The Labute approximate surface area is 136 Å². The molecular weight excluding hydrogens is 320 g/mol. The van der Waals surface area contributed by atoms with Gasteiger partial charge in [-0.2, -0.15) is 0 Å². The molecule has 2 aliphatic rings. The lowest BCUT2D eigenvalue weighted by Gasteiger charge is -2.29. The van der Waals surface area contributed by atoms with Crippen molar-refractivity contribution in [3.8, 4) is 11.5 Å². The summed E-state index contributed by atoms with van der Waals surface area (Å²) in [5, 5.41) is 3.35. The molecule has 1 aromatic rings. The first-order chi connectivity index (χ1) is 11.0. The number of nitrogens with one attached hydrogen (secondary N) is 2. The summed E-state index contributed by atoms with van der Waals surface area (Å²) in [6.45, 7) is 2.52. The summed E-state index contributed by atoms with van der Waals surface area (Å²) in [5.41, 5.74) is -0.338. The second kappa shape index (κ2) is 6.64. The average Bonchev–Trinajstić information content (AvgIpc) is 3.02. The summed E-state index contributed by atoms with van der Waals surface area (Å²) in [6.07, 6.45) is 1.89. The van der Waals surface area contributed by atoms with Crippen molar-refractivity contribution in [3.63, 3.8) is 0 Å². The van der Waals surface area contributed by atoms with E-state index in [0.717, 1.165) is 19.4 Å². The van der Waals surface area contributed by atoms with Gasteiger partial charge in [0.1, 0.15) is 13.2 Å². The van der Waals surface area contributed by atoms with Crippen LogP contribution in [0.15, 0.2) is 23.1 Å². The Morgan fingerprint density at radius 1 is 1.30 bits per heavy atom. The highest BCUT2D eigenvalue weighted by Crippen LogP contribution is 2.32. The van der Waals surface area contributed by atoms with E-state index in [1.165, 1.54) is 12.1 Å². The molecule has 3 rings (SSSR count). The Morgan fingerprint density at radius 3 is 2.78 bits per heavy atom. The van der Waals surface area contributed by atoms with Crippen molar-refractivity contribution in [2.45, 2.75) is 23.3 Å². The number of methoxy groups -OCH3 is 1. The number of fused-ring (bicyclic) bond motifs is 1. The van der Waals surface area contributed by atoms with E-state index < -0.39 is 10.0 Å². The van der Waals surface area contributed by atoms with Crippen LogP contribution in [0, 0.1) is 0 Å². The van der Waals surface area contributed by atoms with Gasteiger partial charge in [-0.15, -0.1) is 0 Å². The second-order valence-electron chi connectivity index (χ2n) is 5.87. The van der Waals surface area contributed by atoms with E-state index in [2.05, 4.69) is 10.0 Å². The Kier molecular flexibility index (Phi) is 4.77. The van der Waals surface area contributed by atoms with E-state index in [4.69, 9.17) is 14.2 Å². The molecule has 0 amide bonds. The van der Waals surface area contributed by atoms with Crippen molar-refractivity contribution < 1.29 is 22.6 Å². The van der Waals surface area contributed by atoms with Crippen LogP contribution in [0.25, 0.3) is 0 Å². The van der Waals surface area contributed by atoms with Gasteiger partial charge in [0.15, 0.2) is 11.5 Å². The van der Waals surface area contributed by atoms with Crippen LogP contribution < -0.4 is 19.5 Å². The van der Waals surface area contributed by atoms with Gasteiger partial charge in [-0.25, -0.2) is 13.1 Å². The Balaban J connectivity index is 1.74. The molecule has 0 spiro atoms. The molecule has 0 bridgehead atoms. The first-order valence-electron chi connectivity index (χ1n) is 7.68. The maximum atomic E-state index is 12.5. The molecule has 7 nitrogen and oxygen atoms in total. The second-order valence-corrected chi connectivity index (χ2v) is 7.64. The molecule has 0 aliphatic carbocycles. The molecule has 1 aromatic carbocycles. The lowest BCUT2D eigenvalue weighted by molar-refractivity contribution is 0.122. The number of benzene rings is 1. The summed E-state index contributed by atoms with van der Waals surface area (Å²) in [7, 11) is -2.00. The fourth-order valence-corrected chi connectivity index (χ4v) is 4.12. The predicted octanol–water partition coefficient (Wildman–Crippen LogP) is 0.505. The number of ether oxygens (including phenoxy) is 3. The van der Waals surface area contributed by atoms with Crippen LogP contribution in [-0.2, 0) is 14.8 Å². The van der Waals surface area contributed by atoms with E-state index in [-0.39, 0.29) is 17.0 Å². The maximum absolute atomic E-state index is 12.5. The van der Waals surface area contributed by atoms with Gasteiger partial charge in [0.25, 0.3) is 0 Å². The van der Waals surface area contributed by atoms with Crippen LogP contribution in [0.5, 0.6) is 11.5 Å². The van der Waals surface area contributed by atoms with Gasteiger partial charge in [-0.3, -0.25) is 0 Å². The first-order valence-corrected chi connectivity index (χ1v) is 9.16. The number of hydrogen-bond acceptors (Lipinski definition) is 6. The van der Waals surface area contributed by atoms with Gasteiger partial charge in [0.2, 0.25) is 10.0 Å². The monoisotopic (exact) mass is 342 g/mol. The molecule has 2 heterocycles. The summed E-state index contributed by atoms with van der Waals surface area (Å²) < 4.78 is 43.9. The third kappa shape index (κ3) is 3.60. The van der Waals surface area contributed by atoms with Crippen molar-refractivity contribution in [1.29, 1.82) is 0 Å². The topological polar surface area (TPSA) is 85.9 Å². The largest absolute Gasteiger partial charge is 0.486 e. The summed E-state index contributed by atoms with van der Waals surface area (Å²) >= 11 is 0. The van der Waals surface area contributed by atoms with Gasteiger partial charge in [-0.1, -0.05) is 0 Å². The van der Waals surface area contributed by atoms with E-state index in [0.29, 0.717) is 31.3 Å². The first kappa shape index (κ1) is 16.5. The predicted molar refractivity (Wildman–Crippen MR) is 84.5 cm³/mol. The number of sulfonamides is 1. The van der Waals surface area contributed by atoms with Crippen molar-refractivity contribution >= 4 is 10.0 Å². The normalized spacial score (nSPS) is 23.9. The molecule has 23 heavy (non-hydrogen) atoms. The molecule has 2 aliphatic heterocycles. The number of hydrogen-bond donors (Lipinski definition) is 2. The zero-order valence-corrected chi connectivity index (χ0v) is 13.9. The highest BCUT2D eigenvalue weighted by molar-refractivity contribution is 7.89. The molecule has 1 atom stereocenters. The van der Waals surface area contributed by atoms with Crippen LogP contribution in [-0.4, -0.2) is 54.0 Å². The van der Waals surface area contributed by atoms with Crippen LogP contribution in [0.2, 0.25) is 0 Å². The minimum absolute atomic E-state index is 0.173. The standard InChI is InChI=1S/C15H22N2O5S/c1-20-11-15(5-2-6-16-15)10-17-23(18,19)12-3-4-13-14(9-12)22-8-7-21-13/h3-4,9,16-17H,2,5-8,10-11H2,1H3. The Morgan fingerprint density at radius 2 is 2.09 bits per heavy atom. The zero-order chi connectivity index (χ0) is 16.3. The van der Waals surface area contributed by atoms with Gasteiger partial charge in [-0.05, 0) is 31.5 Å². The third-order valence-corrected chi connectivity index (χ3v) is 5.58. The van der Waals surface area contributed by atoms with Crippen LogP contribution in [0.3, 0.4) is 0 Å². The SMILES string of the molecule is COCC1(CNS(=O)(=O)c2ccc3c(c2)OCCO3)CCCN1. The maximum Gasteiger partial charge on any atom is 0.240 e. The van der Waals surface area contributed by atoms with Crippen molar-refractivity contribution in [2.24, 2.45) is 0 Å². The van der Waals surface area contributed by atoms with Crippen molar-refractivity contribution in [1.82, 2.24) is 10.0 Å². The number of rotatable bonds is 6. The van der Waals surface area contributed by atoms with E-state index in [9.17, 15) is 8.42 Å². The smallest absolute Gasteiger partial charge is 0.240 e. The molecule has 0 radical (unpaired) electrons. The van der Waals surface area contributed by atoms with E-state index in [1.807, 2.05) is 0 Å². The fraction of sp³-hybridized carbons (Fsp3) is 0.600. The average molecular weight is 342 g/mol. The minimum Gasteiger partial charge on any atom is -0.486 e. The highest BCUT2D eigenvalue weighted by atomic mass is 32.2. The van der Waals surface area contributed by atoms with Crippen molar-refractivity contribution in [2.75, 3.05) is 40.0 Å². The third-order valence-electron chi connectivity index (χ3n) is 4.18. The molecular formula is C15H22N2O5S. The molecule has 0 saturated carbocycles. The molecule has 128 valence electrons. The lowest BCUT2D eigenvalue weighted by Crippen LogP contribution is -2.52. The van der Waals surface area contributed by atoms with Crippen molar-refractivity contribution in [3.05, 3.63) is 18.2 Å².